The third-order valence-corrected chi connectivity index (χ3v) is 9.89. The van der Waals surface area contributed by atoms with Crippen LogP contribution in [0.4, 0.5) is 0 Å². The van der Waals surface area contributed by atoms with E-state index in [2.05, 4.69) is 140 Å². The molecule has 0 aliphatic heterocycles. The lowest BCUT2D eigenvalue weighted by atomic mass is 9.61. The van der Waals surface area contributed by atoms with Crippen LogP contribution in [0.1, 0.15) is 11.1 Å². The Labute approximate surface area is 249 Å². The molecule has 2 atom stereocenters. The van der Waals surface area contributed by atoms with Gasteiger partial charge in [-0.1, -0.05) is 127 Å². The maximum atomic E-state index is 6.28. The summed E-state index contributed by atoms with van der Waals surface area (Å²) in [4.78, 5) is 0. The van der Waals surface area contributed by atoms with Crippen molar-refractivity contribution < 1.29 is 4.42 Å². The van der Waals surface area contributed by atoms with Crippen LogP contribution in [-0.4, -0.2) is 0 Å². The number of fused-ring (bicyclic) bond motifs is 6. The van der Waals surface area contributed by atoms with E-state index in [1.807, 2.05) is 6.07 Å². The molecule has 1 aromatic heterocycles. The highest BCUT2D eigenvalue weighted by Gasteiger charge is 2.41. The standard InChI is InChI=1S/C42H26O/c1-2-9-28-27(8-1)24-37(30-11-4-3-10-29(28)30)32-21-17-26-18-22-34-31(20-16-25-19-23-35(32)41(26)40(25)34)33-13-7-15-39-42(33)36-12-5-6-14-38(36)43-39/h1-24,40-41H. The Bertz CT molecular complexity index is 2450. The van der Waals surface area contributed by atoms with Crippen molar-refractivity contribution >= 4 is 54.6 Å². The van der Waals surface area contributed by atoms with Crippen LogP contribution in [0, 0.1) is 11.8 Å². The Balaban J connectivity index is 1.18. The van der Waals surface area contributed by atoms with Gasteiger partial charge in [0.2, 0.25) is 0 Å². The van der Waals surface area contributed by atoms with Crippen molar-refractivity contribution in [2.24, 2.45) is 11.8 Å². The van der Waals surface area contributed by atoms with E-state index in [0.717, 1.165) is 11.2 Å². The van der Waals surface area contributed by atoms with Gasteiger partial charge in [0.15, 0.2) is 0 Å². The Morgan fingerprint density at radius 3 is 2.14 bits per heavy atom. The molecular weight excluding hydrogens is 520 g/mol. The lowest BCUT2D eigenvalue weighted by Gasteiger charge is -2.42. The summed E-state index contributed by atoms with van der Waals surface area (Å²) in [6.07, 6.45) is 18.8. The minimum absolute atomic E-state index is 0.278. The molecule has 1 nitrogen and oxygen atoms in total. The first-order valence-electron chi connectivity index (χ1n) is 15.1. The average Bonchev–Trinajstić information content (AvgIpc) is 3.46. The molecule has 43 heavy (non-hydrogen) atoms. The highest BCUT2D eigenvalue weighted by molar-refractivity contribution is 6.14. The van der Waals surface area contributed by atoms with Gasteiger partial charge in [0, 0.05) is 22.6 Å². The second-order valence-electron chi connectivity index (χ2n) is 12.0. The second-order valence-corrected chi connectivity index (χ2v) is 12.0. The quantitative estimate of drug-likeness (QED) is 0.197. The summed E-state index contributed by atoms with van der Waals surface area (Å²) in [7, 11) is 0. The van der Waals surface area contributed by atoms with Crippen molar-refractivity contribution in [3.63, 3.8) is 0 Å². The molecule has 0 saturated heterocycles. The van der Waals surface area contributed by atoms with Crippen molar-refractivity contribution in [2.45, 2.75) is 0 Å². The van der Waals surface area contributed by atoms with Crippen molar-refractivity contribution in [3.05, 3.63) is 179 Å². The monoisotopic (exact) mass is 546 g/mol. The van der Waals surface area contributed by atoms with Crippen LogP contribution in [0.5, 0.6) is 0 Å². The Hall–Kier alpha value is -5.40. The second kappa shape index (κ2) is 8.56. The van der Waals surface area contributed by atoms with Crippen LogP contribution in [-0.2, 0) is 0 Å². The molecule has 6 aromatic rings. The molecule has 1 heteroatoms. The molecule has 0 fully saturated rings. The van der Waals surface area contributed by atoms with Crippen LogP contribution in [0.25, 0.3) is 54.6 Å². The van der Waals surface area contributed by atoms with Gasteiger partial charge in [-0.15, -0.1) is 0 Å². The van der Waals surface area contributed by atoms with Gasteiger partial charge < -0.3 is 4.42 Å². The maximum absolute atomic E-state index is 6.28. The lowest BCUT2D eigenvalue weighted by Crippen LogP contribution is -2.30. The first-order chi connectivity index (χ1) is 21.3. The van der Waals surface area contributed by atoms with E-state index in [4.69, 9.17) is 4.42 Å². The van der Waals surface area contributed by atoms with Crippen molar-refractivity contribution in [2.75, 3.05) is 0 Å². The SMILES string of the molecule is C1=CC2=C(c3cc4ccccc4c4ccccc34)C=CC3=CC=C4C(c5cccc6oc7ccccc7c56)=CC=C1C4C32. The first kappa shape index (κ1) is 23.2. The number of rotatable bonds is 2. The smallest absolute Gasteiger partial charge is 0.136 e. The highest BCUT2D eigenvalue weighted by atomic mass is 16.3. The molecule has 0 bridgehead atoms. The normalized spacial score (nSPS) is 20.4. The zero-order valence-electron chi connectivity index (χ0n) is 23.4. The fourth-order valence-electron chi connectivity index (χ4n) is 8.04. The van der Waals surface area contributed by atoms with E-state index in [1.165, 1.54) is 76.9 Å². The zero-order valence-corrected chi connectivity index (χ0v) is 23.4. The third-order valence-electron chi connectivity index (χ3n) is 9.89. The van der Waals surface area contributed by atoms with E-state index in [9.17, 15) is 0 Å². The molecule has 1 heterocycles. The van der Waals surface area contributed by atoms with Crippen LogP contribution >= 0.6 is 0 Å². The zero-order chi connectivity index (χ0) is 28.1. The first-order valence-corrected chi connectivity index (χ1v) is 15.1. The molecule has 4 aliphatic rings. The number of para-hydroxylation sites is 1. The topological polar surface area (TPSA) is 13.1 Å². The highest BCUT2D eigenvalue weighted by Crippen LogP contribution is 2.55. The van der Waals surface area contributed by atoms with Crippen LogP contribution in [0.15, 0.2) is 172 Å². The lowest BCUT2D eigenvalue weighted by molar-refractivity contribution is 0.569. The van der Waals surface area contributed by atoms with Gasteiger partial charge in [-0.25, -0.2) is 0 Å². The maximum Gasteiger partial charge on any atom is 0.136 e. The van der Waals surface area contributed by atoms with E-state index < -0.39 is 0 Å². The Kier molecular flexibility index (Phi) is 4.62. The van der Waals surface area contributed by atoms with Crippen LogP contribution in [0.3, 0.4) is 0 Å². The van der Waals surface area contributed by atoms with E-state index in [1.54, 1.807) is 0 Å². The number of furan rings is 1. The fourth-order valence-corrected chi connectivity index (χ4v) is 8.04. The Morgan fingerprint density at radius 1 is 0.488 bits per heavy atom. The number of hydrogen-bond donors (Lipinski definition) is 0. The van der Waals surface area contributed by atoms with Gasteiger partial charge in [0.25, 0.3) is 0 Å². The molecule has 0 radical (unpaired) electrons. The number of allylic oxidation sites excluding steroid dienone is 14. The predicted molar refractivity (Wildman–Crippen MR) is 180 cm³/mol. The summed E-state index contributed by atoms with van der Waals surface area (Å²) in [6.45, 7) is 0. The van der Waals surface area contributed by atoms with Gasteiger partial charge in [0.1, 0.15) is 11.2 Å². The molecule has 10 rings (SSSR count). The van der Waals surface area contributed by atoms with E-state index in [0.29, 0.717) is 0 Å². The van der Waals surface area contributed by atoms with Crippen molar-refractivity contribution in [1.29, 1.82) is 0 Å². The summed E-state index contributed by atoms with van der Waals surface area (Å²) >= 11 is 0. The van der Waals surface area contributed by atoms with Crippen molar-refractivity contribution in [3.8, 4) is 0 Å². The molecule has 0 N–H and O–H groups in total. The largest absolute Gasteiger partial charge is 0.456 e. The number of hydrogen-bond acceptors (Lipinski definition) is 1. The fraction of sp³-hybridized carbons (Fsp3) is 0.0476. The van der Waals surface area contributed by atoms with E-state index >= 15 is 0 Å². The Morgan fingerprint density at radius 2 is 1.21 bits per heavy atom. The average molecular weight is 547 g/mol. The molecular formula is C42H26O. The van der Waals surface area contributed by atoms with Gasteiger partial charge in [-0.2, -0.15) is 0 Å². The molecule has 0 spiro atoms. The molecule has 0 amide bonds. The molecule has 2 unspecified atom stereocenters. The summed E-state index contributed by atoms with van der Waals surface area (Å²) in [5.41, 5.74) is 12.6. The van der Waals surface area contributed by atoms with Crippen LogP contribution < -0.4 is 0 Å². The third kappa shape index (κ3) is 3.17. The molecule has 0 saturated carbocycles. The summed E-state index contributed by atoms with van der Waals surface area (Å²) in [6, 6.07) is 34.9. The summed E-state index contributed by atoms with van der Waals surface area (Å²) < 4.78 is 6.28. The number of benzene rings is 5. The van der Waals surface area contributed by atoms with Gasteiger partial charge in [0.05, 0.1) is 0 Å². The predicted octanol–water partition coefficient (Wildman–Crippen LogP) is 10.9. The minimum Gasteiger partial charge on any atom is -0.456 e. The molecule has 4 aliphatic carbocycles. The van der Waals surface area contributed by atoms with Crippen molar-refractivity contribution in [1.82, 2.24) is 0 Å². The minimum atomic E-state index is 0.278. The molecule has 200 valence electrons. The van der Waals surface area contributed by atoms with Crippen LogP contribution in [0.2, 0.25) is 0 Å². The summed E-state index contributed by atoms with van der Waals surface area (Å²) in [5.74, 6) is 0.561. The summed E-state index contributed by atoms with van der Waals surface area (Å²) in [5, 5.41) is 7.59. The molecule has 5 aromatic carbocycles. The van der Waals surface area contributed by atoms with E-state index in [-0.39, 0.29) is 11.8 Å². The van der Waals surface area contributed by atoms with Gasteiger partial charge in [-0.3, -0.25) is 0 Å². The van der Waals surface area contributed by atoms with Gasteiger partial charge >= 0.3 is 0 Å². The van der Waals surface area contributed by atoms with Gasteiger partial charge in [-0.05, 0) is 84.3 Å².